The van der Waals surface area contributed by atoms with Crippen LogP contribution in [-0.2, 0) is 9.59 Å². The molecule has 1 aromatic rings. The number of carboxylic acid groups (broad SMARTS) is 1. The molecular weight excluding hydrogens is 272 g/mol. The fourth-order valence-electron chi connectivity index (χ4n) is 2.73. The third kappa shape index (κ3) is 3.59. The van der Waals surface area contributed by atoms with Gasteiger partial charge in [0.25, 0.3) is 0 Å². The summed E-state index contributed by atoms with van der Waals surface area (Å²) in [6.45, 7) is 0. The highest BCUT2D eigenvalue weighted by molar-refractivity contribution is 5.98. The highest BCUT2D eigenvalue weighted by atomic mass is 16.4. The number of rotatable bonds is 4. The van der Waals surface area contributed by atoms with Gasteiger partial charge in [-0.15, -0.1) is 0 Å². The molecule has 0 aliphatic heterocycles. The van der Waals surface area contributed by atoms with Crippen molar-refractivity contribution >= 4 is 23.5 Å². The second kappa shape index (κ2) is 6.39. The Balaban J connectivity index is 2.11. The summed E-state index contributed by atoms with van der Waals surface area (Å²) in [6.07, 6.45) is 2.77. The van der Waals surface area contributed by atoms with E-state index in [4.69, 9.17) is 5.73 Å². The zero-order valence-corrected chi connectivity index (χ0v) is 11.5. The smallest absolute Gasteiger partial charge is 0.307 e. The molecular formula is C15H18N2O4. The average molecular weight is 290 g/mol. The van der Waals surface area contributed by atoms with Crippen molar-refractivity contribution in [2.24, 2.45) is 17.6 Å². The molecule has 2 unspecified atom stereocenters. The van der Waals surface area contributed by atoms with Crippen LogP contribution in [0.2, 0.25) is 0 Å². The number of amides is 2. The van der Waals surface area contributed by atoms with Crippen LogP contribution in [0.25, 0.3) is 0 Å². The monoisotopic (exact) mass is 290 g/mol. The molecule has 1 fully saturated rings. The lowest BCUT2D eigenvalue weighted by atomic mass is 9.78. The molecule has 0 aromatic heterocycles. The topological polar surface area (TPSA) is 109 Å². The van der Waals surface area contributed by atoms with Crippen LogP contribution in [0.5, 0.6) is 0 Å². The Morgan fingerprint density at radius 3 is 2.43 bits per heavy atom. The molecule has 2 rings (SSSR count). The van der Waals surface area contributed by atoms with E-state index < -0.39 is 23.7 Å². The molecule has 6 heteroatoms. The Labute approximate surface area is 122 Å². The van der Waals surface area contributed by atoms with Crippen LogP contribution in [0.4, 0.5) is 5.69 Å². The van der Waals surface area contributed by atoms with E-state index >= 15 is 0 Å². The van der Waals surface area contributed by atoms with Crippen LogP contribution < -0.4 is 11.1 Å². The van der Waals surface area contributed by atoms with Crippen LogP contribution in [-0.4, -0.2) is 22.9 Å². The van der Waals surface area contributed by atoms with E-state index in [1.165, 1.54) is 6.07 Å². The first-order valence-electron chi connectivity index (χ1n) is 6.92. The molecule has 0 saturated heterocycles. The number of carbonyl (C=O) groups is 3. The first-order valence-corrected chi connectivity index (χ1v) is 6.92. The Hall–Kier alpha value is -2.37. The van der Waals surface area contributed by atoms with Crippen molar-refractivity contribution in [1.82, 2.24) is 0 Å². The maximum Gasteiger partial charge on any atom is 0.307 e. The maximum absolute atomic E-state index is 12.3. The Kier molecular flexibility index (Phi) is 4.57. The van der Waals surface area contributed by atoms with Crippen molar-refractivity contribution in [3.63, 3.8) is 0 Å². The van der Waals surface area contributed by atoms with Crippen LogP contribution in [0.15, 0.2) is 24.3 Å². The van der Waals surface area contributed by atoms with Crippen molar-refractivity contribution < 1.29 is 19.5 Å². The fraction of sp³-hybridized carbons (Fsp3) is 0.400. The lowest BCUT2D eigenvalue weighted by Gasteiger charge is -2.27. The van der Waals surface area contributed by atoms with Crippen LogP contribution >= 0.6 is 0 Å². The third-order valence-corrected chi connectivity index (χ3v) is 3.83. The summed E-state index contributed by atoms with van der Waals surface area (Å²) < 4.78 is 0. The number of hydrogen-bond acceptors (Lipinski definition) is 3. The lowest BCUT2D eigenvalue weighted by Crippen LogP contribution is -2.36. The molecule has 0 bridgehead atoms. The zero-order chi connectivity index (χ0) is 15.4. The van der Waals surface area contributed by atoms with Gasteiger partial charge in [0, 0.05) is 11.3 Å². The predicted octanol–water partition coefficient (Wildman–Crippen LogP) is 1.61. The van der Waals surface area contributed by atoms with E-state index in [9.17, 15) is 19.5 Å². The van der Waals surface area contributed by atoms with Gasteiger partial charge in [-0.05, 0) is 31.0 Å². The predicted molar refractivity (Wildman–Crippen MR) is 76.7 cm³/mol. The number of nitrogens with two attached hydrogens (primary N) is 1. The normalized spacial score (nSPS) is 21.5. The molecule has 0 spiro atoms. The number of carboxylic acids is 1. The van der Waals surface area contributed by atoms with E-state index in [0.29, 0.717) is 24.1 Å². The van der Waals surface area contributed by atoms with E-state index in [2.05, 4.69) is 5.32 Å². The third-order valence-electron chi connectivity index (χ3n) is 3.83. The first-order chi connectivity index (χ1) is 9.99. The summed E-state index contributed by atoms with van der Waals surface area (Å²) in [7, 11) is 0. The number of benzene rings is 1. The molecule has 4 N–H and O–H groups in total. The van der Waals surface area contributed by atoms with Gasteiger partial charge in [-0.25, -0.2) is 0 Å². The fourth-order valence-corrected chi connectivity index (χ4v) is 2.73. The Morgan fingerprint density at radius 1 is 1.14 bits per heavy atom. The second-order valence-electron chi connectivity index (χ2n) is 5.27. The number of primary amides is 1. The molecule has 2 atom stereocenters. The average Bonchev–Trinajstić information content (AvgIpc) is 2.47. The SMILES string of the molecule is NC(=O)c1cccc(NC(=O)C2CCCCC2C(=O)O)c1. The number of nitrogens with one attached hydrogen (secondary N) is 1. The minimum atomic E-state index is -0.930. The van der Waals surface area contributed by atoms with Crippen molar-refractivity contribution in [3.05, 3.63) is 29.8 Å². The second-order valence-corrected chi connectivity index (χ2v) is 5.27. The lowest BCUT2D eigenvalue weighted by molar-refractivity contribution is -0.147. The molecule has 1 saturated carbocycles. The Bertz CT molecular complexity index is 571. The summed E-state index contributed by atoms with van der Waals surface area (Å²) in [4.78, 5) is 34.6. The van der Waals surface area contributed by atoms with Crippen molar-refractivity contribution in [2.45, 2.75) is 25.7 Å². The standard InChI is InChI=1S/C15H18N2O4/c16-13(18)9-4-3-5-10(8-9)17-14(19)11-6-1-2-7-12(11)15(20)21/h3-5,8,11-12H,1-2,6-7H2,(H2,16,18)(H,17,19)(H,20,21). The summed E-state index contributed by atoms with van der Waals surface area (Å²) >= 11 is 0. The van der Waals surface area contributed by atoms with Crippen LogP contribution in [0, 0.1) is 11.8 Å². The van der Waals surface area contributed by atoms with Gasteiger partial charge in [0.15, 0.2) is 0 Å². The van der Waals surface area contributed by atoms with Crippen LogP contribution in [0.1, 0.15) is 36.0 Å². The number of aliphatic carboxylic acids is 1. The first kappa shape index (κ1) is 15.0. The zero-order valence-electron chi connectivity index (χ0n) is 11.5. The molecule has 0 heterocycles. The van der Waals surface area contributed by atoms with Gasteiger partial charge in [-0.3, -0.25) is 14.4 Å². The quantitative estimate of drug-likeness (QED) is 0.782. The van der Waals surface area contributed by atoms with Crippen molar-refractivity contribution in [3.8, 4) is 0 Å². The maximum atomic E-state index is 12.3. The number of carbonyl (C=O) groups excluding carboxylic acids is 2. The van der Waals surface area contributed by atoms with E-state index in [-0.39, 0.29) is 5.91 Å². The number of hydrogen-bond donors (Lipinski definition) is 3. The molecule has 1 aromatic carbocycles. The molecule has 21 heavy (non-hydrogen) atoms. The minimum absolute atomic E-state index is 0.297. The van der Waals surface area contributed by atoms with Gasteiger partial charge in [0.1, 0.15) is 0 Å². The summed E-state index contributed by atoms with van der Waals surface area (Å²) in [5.41, 5.74) is 5.94. The molecule has 2 amide bonds. The summed E-state index contributed by atoms with van der Waals surface area (Å²) in [5.74, 6) is -3.00. The summed E-state index contributed by atoms with van der Waals surface area (Å²) in [6, 6.07) is 6.30. The van der Waals surface area contributed by atoms with Crippen molar-refractivity contribution in [1.29, 1.82) is 0 Å². The summed E-state index contributed by atoms with van der Waals surface area (Å²) in [5, 5.41) is 11.9. The van der Waals surface area contributed by atoms with Crippen molar-refractivity contribution in [2.75, 3.05) is 5.32 Å². The molecule has 1 aliphatic carbocycles. The molecule has 1 aliphatic rings. The molecule has 112 valence electrons. The van der Waals surface area contributed by atoms with Crippen LogP contribution in [0.3, 0.4) is 0 Å². The van der Waals surface area contributed by atoms with Gasteiger partial charge < -0.3 is 16.2 Å². The van der Waals surface area contributed by atoms with Gasteiger partial charge in [0.2, 0.25) is 11.8 Å². The van der Waals surface area contributed by atoms with E-state index in [0.717, 1.165) is 12.8 Å². The molecule has 0 radical (unpaired) electrons. The largest absolute Gasteiger partial charge is 0.481 e. The van der Waals surface area contributed by atoms with Gasteiger partial charge in [-0.1, -0.05) is 18.9 Å². The minimum Gasteiger partial charge on any atom is -0.481 e. The van der Waals surface area contributed by atoms with Gasteiger partial charge in [-0.2, -0.15) is 0 Å². The van der Waals surface area contributed by atoms with Gasteiger partial charge in [0.05, 0.1) is 11.8 Å². The molecule has 6 nitrogen and oxygen atoms in total. The Morgan fingerprint density at radius 2 is 1.81 bits per heavy atom. The van der Waals surface area contributed by atoms with Gasteiger partial charge >= 0.3 is 5.97 Å². The highest BCUT2D eigenvalue weighted by Gasteiger charge is 2.35. The number of anilines is 1. The van der Waals surface area contributed by atoms with E-state index in [1.807, 2.05) is 0 Å². The highest BCUT2D eigenvalue weighted by Crippen LogP contribution is 2.31. The van der Waals surface area contributed by atoms with E-state index in [1.54, 1.807) is 18.2 Å².